The third kappa shape index (κ3) is 4.01. The van der Waals surface area contributed by atoms with Crippen LogP contribution in [0.3, 0.4) is 0 Å². The lowest BCUT2D eigenvalue weighted by Gasteiger charge is -2.03. The number of aliphatic hydroxyl groups is 1. The first-order valence-electron chi connectivity index (χ1n) is 6.30. The van der Waals surface area contributed by atoms with E-state index in [0.29, 0.717) is 24.3 Å². The fourth-order valence-electron chi connectivity index (χ4n) is 1.61. The number of amides is 1. The van der Waals surface area contributed by atoms with E-state index < -0.39 is 0 Å². The summed E-state index contributed by atoms with van der Waals surface area (Å²) in [5.74, 6) is 6.30. The second kappa shape index (κ2) is 7.17. The van der Waals surface area contributed by atoms with Gasteiger partial charge in [-0.2, -0.15) is 0 Å². The Labute approximate surface area is 117 Å². The summed E-state index contributed by atoms with van der Waals surface area (Å²) in [7, 11) is 0. The molecule has 1 amide bonds. The molecular weight excluding hydrogens is 254 g/mol. The lowest BCUT2D eigenvalue weighted by molar-refractivity contribution is 0.0948. The van der Waals surface area contributed by atoms with Crippen molar-refractivity contribution in [2.45, 2.75) is 13.0 Å². The first kappa shape index (κ1) is 13.9. The van der Waals surface area contributed by atoms with Gasteiger partial charge >= 0.3 is 0 Å². The van der Waals surface area contributed by atoms with Crippen LogP contribution < -0.4 is 5.32 Å². The highest BCUT2D eigenvalue weighted by molar-refractivity contribution is 5.94. The molecule has 20 heavy (non-hydrogen) atoms. The van der Waals surface area contributed by atoms with Gasteiger partial charge in [0.05, 0.1) is 19.4 Å². The van der Waals surface area contributed by atoms with Gasteiger partial charge in [-0.05, 0) is 36.4 Å². The predicted octanol–water partition coefficient (Wildman–Crippen LogP) is 1.94. The molecule has 0 spiro atoms. The molecule has 0 saturated heterocycles. The van der Waals surface area contributed by atoms with E-state index in [2.05, 4.69) is 17.2 Å². The molecule has 0 atom stereocenters. The standard InChI is InChI=1S/C16H15NO3/c18-10-2-1-4-13-6-8-14(9-7-13)16(19)17-12-15-5-3-11-20-15/h3,5-9,11,18H,2,10,12H2,(H,17,19). The Balaban J connectivity index is 1.92. The summed E-state index contributed by atoms with van der Waals surface area (Å²) in [6.45, 7) is 0.421. The van der Waals surface area contributed by atoms with Crippen LogP contribution in [0.1, 0.15) is 28.1 Å². The van der Waals surface area contributed by atoms with Gasteiger partial charge in [-0.25, -0.2) is 0 Å². The Kier molecular flexibility index (Phi) is 4.99. The van der Waals surface area contributed by atoms with E-state index in [1.54, 1.807) is 42.7 Å². The highest BCUT2D eigenvalue weighted by Crippen LogP contribution is 2.05. The van der Waals surface area contributed by atoms with Crippen molar-refractivity contribution in [2.24, 2.45) is 0 Å². The zero-order valence-corrected chi connectivity index (χ0v) is 10.9. The van der Waals surface area contributed by atoms with Gasteiger partial charge in [0.1, 0.15) is 5.76 Å². The second-order valence-electron chi connectivity index (χ2n) is 4.11. The fourth-order valence-corrected chi connectivity index (χ4v) is 1.61. The van der Waals surface area contributed by atoms with Crippen LogP contribution in [0, 0.1) is 11.8 Å². The maximum atomic E-state index is 11.9. The van der Waals surface area contributed by atoms with Gasteiger partial charge in [0, 0.05) is 17.5 Å². The molecule has 1 heterocycles. The van der Waals surface area contributed by atoms with E-state index in [4.69, 9.17) is 9.52 Å². The van der Waals surface area contributed by atoms with Gasteiger partial charge in [-0.15, -0.1) is 0 Å². The zero-order chi connectivity index (χ0) is 14.2. The second-order valence-corrected chi connectivity index (χ2v) is 4.11. The van der Waals surface area contributed by atoms with Crippen LogP contribution in [0.2, 0.25) is 0 Å². The summed E-state index contributed by atoms with van der Waals surface area (Å²) >= 11 is 0. The highest BCUT2D eigenvalue weighted by Gasteiger charge is 2.05. The van der Waals surface area contributed by atoms with Crippen molar-refractivity contribution in [2.75, 3.05) is 6.61 Å². The number of furan rings is 1. The largest absolute Gasteiger partial charge is 0.467 e. The minimum atomic E-state index is -0.156. The minimum Gasteiger partial charge on any atom is -0.467 e. The number of hydrogen-bond donors (Lipinski definition) is 2. The number of aliphatic hydroxyl groups excluding tert-OH is 1. The topological polar surface area (TPSA) is 62.5 Å². The molecule has 0 bridgehead atoms. The van der Waals surface area contributed by atoms with Crippen LogP contribution in [-0.2, 0) is 6.54 Å². The molecule has 0 unspecified atom stereocenters. The summed E-state index contributed by atoms with van der Waals surface area (Å²) < 4.78 is 5.14. The number of hydrogen-bond acceptors (Lipinski definition) is 3. The summed E-state index contributed by atoms with van der Waals surface area (Å²) in [4.78, 5) is 11.9. The number of rotatable bonds is 4. The Morgan fingerprint density at radius 3 is 2.70 bits per heavy atom. The molecule has 0 aliphatic heterocycles. The highest BCUT2D eigenvalue weighted by atomic mass is 16.3. The molecule has 2 rings (SSSR count). The Hall–Kier alpha value is -2.51. The molecule has 0 saturated carbocycles. The molecule has 0 aliphatic carbocycles. The monoisotopic (exact) mass is 269 g/mol. The summed E-state index contributed by atoms with van der Waals surface area (Å²) in [6.07, 6.45) is 2.02. The van der Waals surface area contributed by atoms with Gasteiger partial charge in [-0.3, -0.25) is 4.79 Å². The fraction of sp³-hybridized carbons (Fsp3) is 0.188. The molecule has 2 N–H and O–H groups in total. The third-order valence-electron chi connectivity index (χ3n) is 2.62. The molecule has 1 aromatic heterocycles. The summed E-state index contributed by atoms with van der Waals surface area (Å²) in [6, 6.07) is 10.6. The average Bonchev–Trinajstić information content (AvgIpc) is 2.99. The predicted molar refractivity (Wildman–Crippen MR) is 74.9 cm³/mol. The van der Waals surface area contributed by atoms with Crippen molar-refractivity contribution in [3.63, 3.8) is 0 Å². The van der Waals surface area contributed by atoms with Gasteiger partial charge < -0.3 is 14.8 Å². The van der Waals surface area contributed by atoms with E-state index in [9.17, 15) is 4.79 Å². The van der Waals surface area contributed by atoms with Crippen LogP contribution in [0.5, 0.6) is 0 Å². The molecule has 102 valence electrons. The SMILES string of the molecule is O=C(NCc1ccco1)c1ccc(C#CCCO)cc1. The first-order chi connectivity index (χ1) is 9.79. The summed E-state index contributed by atoms with van der Waals surface area (Å²) in [5.41, 5.74) is 1.39. The Morgan fingerprint density at radius 1 is 1.25 bits per heavy atom. The Morgan fingerprint density at radius 2 is 2.05 bits per heavy atom. The average molecular weight is 269 g/mol. The van der Waals surface area contributed by atoms with Crippen molar-refractivity contribution in [1.82, 2.24) is 5.32 Å². The van der Waals surface area contributed by atoms with Gasteiger partial charge in [0.15, 0.2) is 0 Å². The molecule has 0 fully saturated rings. The van der Waals surface area contributed by atoms with Crippen LogP contribution in [0.4, 0.5) is 0 Å². The molecule has 2 aromatic rings. The van der Waals surface area contributed by atoms with Crippen molar-refractivity contribution in [3.05, 3.63) is 59.5 Å². The van der Waals surface area contributed by atoms with Gasteiger partial charge in [0.25, 0.3) is 5.91 Å². The number of carbonyl (C=O) groups excluding carboxylic acids is 1. The third-order valence-corrected chi connectivity index (χ3v) is 2.62. The number of nitrogens with one attached hydrogen (secondary N) is 1. The maximum Gasteiger partial charge on any atom is 0.251 e. The molecule has 4 heteroatoms. The Bertz CT molecular complexity index is 603. The zero-order valence-electron chi connectivity index (χ0n) is 10.9. The smallest absolute Gasteiger partial charge is 0.251 e. The van der Waals surface area contributed by atoms with E-state index in [1.165, 1.54) is 0 Å². The van der Waals surface area contributed by atoms with Crippen LogP contribution in [-0.4, -0.2) is 17.6 Å². The normalized spacial score (nSPS) is 9.65. The van der Waals surface area contributed by atoms with Crippen LogP contribution in [0.15, 0.2) is 47.1 Å². The molecular formula is C16H15NO3. The molecule has 0 aliphatic rings. The van der Waals surface area contributed by atoms with E-state index >= 15 is 0 Å². The van der Waals surface area contributed by atoms with Crippen molar-refractivity contribution in [3.8, 4) is 11.8 Å². The van der Waals surface area contributed by atoms with Crippen molar-refractivity contribution >= 4 is 5.91 Å². The quantitative estimate of drug-likeness (QED) is 0.834. The van der Waals surface area contributed by atoms with Crippen LogP contribution in [0.25, 0.3) is 0 Å². The van der Waals surface area contributed by atoms with Gasteiger partial charge in [-0.1, -0.05) is 11.8 Å². The molecule has 1 aromatic carbocycles. The van der Waals surface area contributed by atoms with Crippen molar-refractivity contribution < 1.29 is 14.3 Å². The van der Waals surface area contributed by atoms with E-state index in [1.807, 2.05) is 0 Å². The molecule has 0 radical (unpaired) electrons. The number of benzene rings is 1. The number of carbonyl (C=O) groups is 1. The lowest BCUT2D eigenvalue weighted by atomic mass is 10.1. The first-order valence-corrected chi connectivity index (χ1v) is 6.30. The van der Waals surface area contributed by atoms with Crippen LogP contribution >= 0.6 is 0 Å². The lowest BCUT2D eigenvalue weighted by Crippen LogP contribution is -2.22. The maximum absolute atomic E-state index is 11.9. The van der Waals surface area contributed by atoms with E-state index in [0.717, 1.165) is 5.56 Å². The molecule has 4 nitrogen and oxygen atoms in total. The van der Waals surface area contributed by atoms with Crippen molar-refractivity contribution in [1.29, 1.82) is 0 Å². The van der Waals surface area contributed by atoms with E-state index in [-0.39, 0.29) is 12.5 Å². The van der Waals surface area contributed by atoms with Gasteiger partial charge in [0.2, 0.25) is 0 Å². The summed E-state index contributed by atoms with van der Waals surface area (Å²) in [5, 5.41) is 11.4. The minimum absolute atomic E-state index is 0.0558.